The molecule has 0 saturated carbocycles. The summed E-state index contributed by atoms with van der Waals surface area (Å²) in [6.07, 6.45) is 3.03. The molecule has 2 rings (SSSR count). The van der Waals surface area contributed by atoms with Crippen LogP contribution in [0, 0.1) is 0 Å². The normalized spacial score (nSPS) is 12.3. The molecule has 6 heteroatoms. The first-order valence-electron chi connectivity index (χ1n) is 4.64. The van der Waals surface area contributed by atoms with Gasteiger partial charge in [0, 0.05) is 5.56 Å². The second-order valence-electron chi connectivity index (χ2n) is 3.19. The van der Waals surface area contributed by atoms with E-state index in [4.69, 9.17) is 10.8 Å². The van der Waals surface area contributed by atoms with Crippen LogP contribution in [0.1, 0.15) is 11.6 Å². The van der Waals surface area contributed by atoms with Crippen molar-refractivity contribution in [3.8, 4) is 5.69 Å². The van der Waals surface area contributed by atoms with Crippen molar-refractivity contribution in [3.05, 3.63) is 42.2 Å². The van der Waals surface area contributed by atoms with Gasteiger partial charge in [-0.05, 0) is 6.07 Å². The Balaban J connectivity index is 2.50. The SMILES string of the molecule is NC(C(=O)O)c1ccccc1-n1nccn1. The van der Waals surface area contributed by atoms with E-state index in [1.807, 2.05) is 0 Å². The molecular weight excluding hydrogens is 208 g/mol. The van der Waals surface area contributed by atoms with Crippen molar-refractivity contribution >= 4 is 5.97 Å². The van der Waals surface area contributed by atoms with Gasteiger partial charge < -0.3 is 10.8 Å². The predicted octanol–water partition coefficient (Wildman–Crippen LogP) is 0.352. The average molecular weight is 218 g/mol. The van der Waals surface area contributed by atoms with E-state index < -0.39 is 12.0 Å². The van der Waals surface area contributed by atoms with Crippen LogP contribution in [-0.2, 0) is 4.79 Å². The lowest BCUT2D eigenvalue weighted by Crippen LogP contribution is -2.22. The second kappa shape index (κ2) is 4.11. The van der Waals surface area contributed by atoms with Gasteiger partial charge in [-0.1, -0.05) is 18.2 Å². The van der Waals surface area contributed by atoms with E-state index >= 15 is 0 Å². The van der Waals surface area contributed by atoms with Gasteiger partial charge in [0.25, 0.3) is 0 Å². The number of carbonyl (C=O) groups is 1. The number of nitrogens with zero attached hydrogens (tertiary/aromatic N) is 3. The number of hydrogen-bond acceptors (Lipinski definition) is 4. The van der Waals surface area contributed by atoms with Gasteiger partial charge in [-0.3, -0.25) is 4.79 Å². The highest BCUT2D eigenvalue weighted by Crippen LogP contribution is 2.18. The molecule has 0 radical (unpaired) electrons. The van der Waals surface area contributed by atoms with Crippen molar-refractivity contribution in [2.75, 3.05) is 0 Å². The molecule has 0 amide bonds. The van der Waals surface area contributed by atoms with Gasteiger partial charge in [0.1, 0.15) is 6.04 Å². The van der Waals surface area contributed by atoms with Crippen LogP contribution >= 0.6 is 0 Å². The smallest absolute Gasteiger partial charge is 0.325 e. The van der Waals surface area contributed by atoms with Crippen molar-refractivity contribution in [1.82, 2.24) is 15.0 Å². The fraction of sp³-hybridized carbons (Fsp3) is 0.100. The molecule has 1 heterocycles. The molecule has 0 fully saturated rings. The monoisotopic (exact) mass is 218 g/mol. The number of rotatable bonds is 3. The molecule has 82 valence electrons. The molecule has 0 spiro atoms. The summed E-state index contributed by atoms with van der Waals surface area (Å²) in [7, 11) is 0. The first kappa shape index (κ1) is 10.3. The lowest BCUT2D eigenvalue weighted by Gasteiger charge is -2.11. The minimum atomic E-state index is -1.08. The summed E-state index contributed by atoms with van der Waals surface area (Å²) in [5, 5.41) is 16.8. The molecular formula is C10H10N4O2. The zero-order chi connectivity index (χ0) is 11.5. The maximum absolute atomic E-state index is 10.8. The lowest BCUT2D eigenvalue weighted by molar-refractivity contribution is -0.138. The number of para-hydroxylation sites is 1. The molecule has 0 bridgehead atoms. The fourth-order valence-corrected chi connectivity index (χ4v) is 1.41. The number of aliphatic carboxylic acids is 1. The molecule has 2 aromatic rings. The third-order valence-corrected chi connectivity index (χ3v) is 2.17. The van der Waals surface area contributed by atoms with Crippen LogP contribution in [0.25, 0.3) is 5.69 Å². The van der Waals surface area contributed by atoms with E-state index in [9.17, 15) is 4.79 Å². The van der Waals surface area contributed by atoms with Crippen LogP contribution in [0.5, 0.6) is 0 Å². The third-order valence-electron chi connectivity index (χ3n) is 2.17. The minimum Gasteiger partial charge on any atom is -0.480 e. The first-order chi connectivity index (χ1) is 7.70. The number of carboxylic acid groups (broad SMARTS) is 1. The van der Waals surface area contributed by atoms with E-state index in [0.29, 0.717) is 11.3 Å². The summed E-state index contributed by atoms with van der Waals surface area (Å²) in [6.45, 7) is 0. The molecule has 3 N–H and O–H groups in total. The number of aromatic nitrogens is 3. The van der Waals surface area contributed by atoms with E-state index in [-0.39, 0.29) is 0 Å². The Morgan fingerprint density at radius 3 is 2.56 bits per heavy atom. The fourth-order valence-electron chi connectivity index (χ4n) is 1.41. The lowest BCUT2D eigenvalue weighted by atomic mass is 10.1. The molecule has 1 unspecified atom stereocenters. The van der Waals surface area contributed by atoms with Gasteiger partial charge in [0.2, 0.25) is 0 Å². The summed E-state index contributed by atoms with van der Waals surface area (Å²) in [5.74, 6) is -1.08. The molecule has 1 atom stereocenters. The number of nitrogens with two attached hydrogens (primary N) is 1. The van der Waals surface area contributed by atoms with Crippen LogP contribution in [0.4, 0.5) is 0 Å². The Morgan fingerprint density at radius 1 is 1.31 bits per heavy atom. The average Bonchev–Trinajstić information content (AvgIpc) is 2.81. The molecule has 0 aliphatic rings. The standard InChI is InChI=1S/C10H10N4O2/c11-9(10(15)16)7-3-1-2-4-8(7)14-12-5-6-13-14/h1-6,9H,11H2,(H,15,16). The van der Waals surface area contributed by atoms with Crippen LogP contribution in [0.2, 0.25) is 0 Å². The largest absolute Gasteiger partial charge is 0.480 e. The van der Waals surface area contributed by atoms with Crippen LogP contribution in [0.3, 0.4) is 0 Å². The van der Waals surface area contributed by atoms with Gasteiger partial charge in [-0.25, -0.2) is 0 Å². The Bertz CT molecular complexity index is 495. The molecule has 0 aliphatic carbocycles. The topological polar surface area (TPSA) is 94.0 Å². The highest BCUT2D eigenvalue weighted by Gasteiger charge is 2.18. The van der Waals surface area contributed by atoms with E-state index in [1.54, 1.807) is 24.3 Å². The van der Waals surface area contributed by atoms with E-state index in [2.05, 4.69) is 10.2 Å². The minimum absolute atomic E-state index is 0.478. The summed E-state index contributed by atoms with van der Waals surface area (Å²) < 4.78 is 0. The third kappa shape index (κ3) is 1.78. The Hall–Kier alpha value is -2.21. The predicted molar refractivity (Wildman–Crippen MR) is 55.9 cm³/mol. The summed E-state index contributed by atoms with van der Waals surface area (Å²) in [5.41, 5.74) is 6.63. The first-order valence-corrected chi connectivity index (χ1v) is 4.64. The van der Waals surface area contributed by atoms with Gasteiger partial charge in [-0.15, -0.1) is 0 Å². The number of benzene rings is 1. The van der Waals surface area contributed by atoms with Crippen molar-refractivity contribution in [2.24, 2.45) is 5.73 Å². The number of carboxylic acids is 1. The van der Waals surface area contributed by atoms with Gasteiger partial charge in [0.05, 0.1) is 18.1 Å². The highest BCUT2D eigenvalue weighted by atomic mass is 16.4. The number of hydrogen-bond donors (Lipinski definition) is 2. The maximum Gasteiger partial charge on any atom is 0.325 e. The van der Waals surface area contributed by atoms with Gasteiger partial charge in [0.15, 0.2) is 0 Å². The van der Waals surface area contributed by atoms with Crippen LogP contribution < -0.4 is 5.73 Å². The zero-order valence-corrected chi connectivity index (χ0v) is 8.32. The second-order valence-corrected chi connectivity index (χ2v) is 3.19. The van der Waals surface area contributed by atoms with Crippen molar-refractivity contribution < 1.29 is 9.90 Å². The molecule has 1 aromatic carbocycles. The summed E-state index contributed by atoms with van der Waals surface area (Å²) >= 11 is 0. The van der Waals surface area contributed by atoms with Gasteiger partial charge >= 0.3 is 5.97 Å². The summed E-state index contributed by atoms with van der Waals surface area (Å²) in [6, 6.07) is 5.79. The van der Waals surface area contributed by atoms with Crippen molar-refractivity contribution in [2.45, 2.75) is 6.04 Å². The maximum atomic E-state index is 10.8. The molecule has 1 aromatic heterocycles. The van der Waals surface area contributed by atoms with E-state index in [1.165, 1.54) is 17.2 Å². The molecule has 6 nitrogen and oxygen atoms in total. The van der Waals surface area contributed by atoms with E-state index in [0.717, 1.165) is 0 Å². The van der Waals surface area contributed by atoms with Crippen LogP contribution in [0.15, 0.2) is 36.7 Å². The molecule has 16 heavy (non-hydrogen) atoms. The quantitative estimate of drug-likeness (QED) is 0.775. The summed E-state index contributed by atoms with van der Waals surface area (Å²) in [4.78, 5) is 12.2. The molecule has 0 aliphatic heterocycles. The molecule has 0 saturated heterocycles. The Kier molecular flexibility index (Phi) is 2.65. The Morgan fingerprint density at radius 2 is 1.94 bits per heavy atom. The highest BCUT2D eigenvalue weighted by molar-refractivity contribution is 5.76. The van der Waals surface area contributed by atoms with Crippen molar-refractivity contribution in [3.63, 3.8) is 0 Å². The van der Waals surface area contributed by atoms with Crippen molar-refractivity contribution in [1.29, 1.82) is 0 Å². The van der Waals surface area contributed by atoms with Gasteiger partial charge in [-0.2, -0.15) is 15.0 Å². The van der Waals surface area contributed by atoms with Crippen LogP contribution in [-0.4, -0.2) is 26.1 Å². The zero-order valence-electron chi connectivity index (χ0n) is 8.32. The Labute approximate surface area is 91.3 Å².